The van der Waals surface area contributed by atoms with E-state index >= 15 is 0 Å². The Kier molecular flexibility index (Phi) is 8.03. The van der Waals surface area contributed by atoms with Gasteiger partial charge in [-0.15, -0.1) is 0 Å². The highest BCUT2D eigenvalue weighted by Gasteiger charge is 2.38. The lowest BCUT2D eigenvalue weighted by atomic mass is 9.79. The van der Waals surface area contributed by atoms with Crippen LogP contribution >= 0.6 is 15.9 Å². The number of esters is 1. The third kappa shape index (κ3) is 5.15. The van der Waals surface area contributed by atoms with Gasteiger partial charge in [0.25, 0.3) is 0 Å². The molecule has 198 valence electrons. The molecule has 4 rings (SSSR count). The van der Waals surface area contributed by atoms with Crippen LogP contribution in [0.15, 0.2) is 28.9 Å². The molecule has 11 heteroatoms. The zero-order valence-corrected chi connectivity index (χ0v) is 22.6. The van der Waals surface area contributed by atoms with Crippen molar-refractivity contribution in [2.45, 2.75) is 39.2 Å². The number of amides is 1. The van der Waals surface area contributed by atoms with Gasteiger partial charge in [0, 0.05) is 31.1 Å². The average molecular weight is 576 g/mol. The molecule has 1 aromatic heterocycles. The normalized spacial score (nSPS) is 18.6. The van der Waals surface area contributed by atoms with Gasteiger partial charge in [-0.2, -0.15) is 0 Å². The Hall–Kier alpha value is -3.18. The van der Waals surface area contributed by atoms with Crippen molar-refractivity contribution in [3.63, 3.8) is 0 Å². The van der Waals surface area contributed by atoms with Crippen molar-refractivity contribution in [2.24, 2.45) is 5.92 Å². The monoisotopic (exact) mass is 575 g/mol. The Balaban J connectivity index is 1.63. The predicted octanol–water partition coefficient (Wildman–Crippen LogP) is 3.49. The number of rotatable bonds is 8. The summed E-state index contributed by atoms with van der Waals surface area (Å²) in [6.07, 6.45) is 1.33. The molecule has 1 aromatic carbocycles. The molecule has 0 saturated carbocycles. The van der Waals surface area contributed by atoms with Crippen molar-refractivity contribution in [2.75, 3.05) is 33.5 Å². The minimum absolute atomic E-state index is 0.0530. The van der Waals surface area contributed by atoms with E-state index in [2.05, 4.69) is 26.9 Å². The summed E-state index contributed by atoms with van der Waals surface area (Å²) in [5.41, 5.74) is 3.65. The minimum atomic E-state index is -1.12. The number of hydrogen-bond acceptors (Lipinski definition) is 7. The van der Waals surface area contributed by atoms with Gasteiger partial charge in [0.2, 0.25) is 12.7 Å². The highest BCUT2D eigenvalue weighted by molar-refractivity contribution is 9.10. The maximum atomic E-state index is 13.2. The third-order valence-corrected chi connectivity index (χ3v) is 7.85. The quantitative estimate of drug-likeness (QED) is 0.375. The summed E-state index contributed by atoms with van der Waals surface area (Å²) in [5.74, 6) is -2.02. The molecule has 0 radical (unpaired) electrons. The van der Waals surface area contributed by atoms with E-state index in [9.17, 15) is 19.2 Å². The number of carbonyl (C=O) groups excluding carboxylic acids is 3. The van der Waals surface area contributed by atoms with E-state index in [0.717, 1.165) is 22.1 Å². The van der Waals surface area contributed by atoms with Crippen LogP contribution in [0.3, 0.4) is 0 Å². The van der Waals surface area contributed by atoms with Gasteiger partial charge in [0.05, 0.1) is 28.9 Å². The first-order valence-electron chi connectivity index (χ1n) is 12.2. The second kappa shape index (κ2) is 11.1. The van der Waals surface area contributed by atoms with Gasteiger partial charge in [0.1, 0.15) is 0 Å². The van der Waals surface area contributed by atoms with Crippen LogP contribution in [-0.2, 0) is 30.3 Å². The Morgan fingerprint density at radius 1 is 1.14 bits per heavy atom. The van der Waals surface area contributed by atoms with E-state index in [1.54, 1.807) is 0 Å². The number of hydrogen-bond donors (Lipinski definition) is 1. The fraction of sp³-hybridized carbons (Fsp3) is 0.462. The molecule has 1 aliphatic carbocycles. The number of nitrogens with zero attached hydrogens (tertiary/aromatic N) is 3. The van der Waals surface area contributed by atoms with Gasteiger partial charge < -0.3 is 19.5 Å². The summed E-state index contributed by atoms with van der Waals surface area (Å²) in [4.78, 5) is 52.4. The van der Waals surface area contributed by atoms with Crippen molar-refractivity contribution in [3.8, 4) is 0 Å². The molecule has 0 bridgehead atoms. The molecule has 0 saturated heterocycles. The van der Waals surface area contributed by atoms with E-state index in [-0.39, 0.29) is 30.7 Å². The maximum absolute atomic E-state index is 13.2. The number of aromatic nitrogens is 1. The van der Waals surface area contributed by atoms with Crippen LogP contribution in [-0.4, -0.2) is 82.9 Å². The van der Waals surface area contributed by atoms with Crippen LogP contribution in [0.2, 0.25) is 0 Å². The highest BCUT2D eigenvalue weighted by Crippen LogP contribution is 2.45. The van der Waals surface area contributed by atoms with E-state index in [0.29, 0.717) is 36.2 Å². The smallest absolute Gasteiger partial charge is 0.422 e. The van der Waals surface area contributed by atoms with Crippen molar-refractivity contribution in [1.29, 1.82) is 0 Å². The lowest BCUT2D eigenvalue weighted by Gasteiger charge is -2.40. The molecule has 37 heavy (non-hydrogen) atoms. The lowest BCUT2D eigenvalue weighted by molar-refractivity contribution is -0.154. The Morgan fingerprint density at radius 2 is 1.86 bits per heavy atom. The molecule has 2 heterocycles. The summed E-state index contributed by atoms with van der Waals surface area (Å²) in [6.45, 7) is 5.28. The fourth-order valence-corrected chi connectivity index (χ4v) is 5.88. The summed E-state index contributed by atoms with van der Waals surface area (Å²) in [6, 6.07) is 5.74. The average Bonchev–Trinajstić information content (AvgIpc) is 3.16. The molecule has 2 atom stereocenters. The van der Waals surface area contributed by atoms with Gasteiger partial charge in [-0.3, -0.25) is 19.3 Å². The Bertz CT molecular complexity index is 1280. The Morgan fingerprint density at radius 3 is 2.54 bits per heavy atom. The van der Waals surface area contributed by atoms with Crippen LogP contribution in [0.5, 0.6) is 0 Å². The van der Waals surface area contributed by atoms with Crippen LogP contribution in [0.25, 0.3) is 16.5 Å². The van der Waals surface area contributed by atoms with Gasteiger partial charge in [-0.25, -0.2) is 9.36 Å². The first-order valence-corrected chi connectivity index (χ1v) is 13.0. The van der Waals surface area contributed by atoms with Crippen LogP contribution in [0.1, 0.15) is 37.8 Å². The summed E-state index contributed by atoms with van der Waals surface area (Å²) in [7, 11) is 2.02. The number of carboxylic acid groups (broad SMARTS) is 1. The molecule has 0 fully saturated rings. The largest absolute Gasteiger partial charge is 0.481 e. The number of likely N-dealkylation sites (N-methyl/N-ethyl adjacent to an activating group) is 1. The van der Waals surface area contributed by atoms with Gasteiger partial charge in [-0.05, 0) is 66.0 Å². The zero-order valence-electron chi connectivity index (χ0n) is 21.0. The zero-order chi connectivity index (χ0) is 26.9. The fourth-order valence-electron chi connectivity index (χ4n) is 5.19. The SMILES string of the molecule is CCN(CC)C(=O)[C@@H]1C=C2c3cccc4c3c(c(Br)n4C(=O)OCOC(=O)CCC(=O)O)C[C@H]2N(C)C1. The topological polar surface area (TPSA) is 118 Å². The number of carboxylic acids is 1. The summed E-state index contributed by atoms with van der Waals surface area (Å²) < 4.78 is 12.0. The number of aliphatic carboxylic acids is 1. The van der Waals surface area contributed by atoms with E-state index in [1.165, 1.54) is 4.57 Å². The van der Waals surface area contributed by atoms with E-state index in [1.807, 2.05) is 44.0 Å². The van der Waals surface area contributed by atoms with Gasteiger partial charge in [-0.1, -0.05) is 18.2 Å². The summed E-state index contributed by atoms with van der Waals surface area (Å²) >= 11 is 3.58. The minimum Gasteiger partial charge on any atom is -0.481 e. The maximum Gasteiger partial charge on any atom is 0.422 e. The number of halogens is 1. The van der Waals surface area contributed by atoms with Crippen molar-refractivity contribution in [3.05, 3.63) is 40.0 Å². The Labute approximate surface area is 222 Å². The van der Waals surface area contributed by atoms with Crippen LogP contribution in [0.4, 0.5) is 4.79 Å². The molecule has 2 aliphatic rings. The van der Waals surface area contributed by atoms with Crippen molar-refractivity contribution < 1.29 is 33.8 Å². The van der Waals surface area contributed by atoms with Gasteiger partial charge >= 0.3 is 18.0 Å². The molecular weight excluding hydrogens is 546 g/mol. The number of fused-ring (bicyclic) bond motifs is 2. The molecular formula is C26H30BrN3O7. The standard InChI is InChI=1S/C26H30BrN3O7/c1-4-29(5-2)25(34)15-11-17-16-7-6-8-19-23(16)18(12-20(17)28(3)13-15)24(27)30(19)26(35)37-14-36-22(33)10-9-21(31)32/h6-8,11,15,20H,4-5,9-10,12-14H2,1-3H3,(H,31,32)/t15-,20-/m1/s1. The van der Waals surface area contributed by atoms with Crippen molar-refractivity contribution in [1.82, 2.24) is 14.4 Å². The molecule has 0 unspecified atom stereocenters. The molecule has 1 aliphatic heterocycles. The van der Waals surface area contributed by atoms with Crippen molar-refractivity contribution >= 4 is 56.3 Å². The van der Waals surface area contributed by atoms with Crippen LogP contribution < -0.4 is 0 Å². The molecule has 10 nitrogen and oxygen atoms in total. The first-order chi connectivity index (χ1) is 17.7. The van der Waals surface area contributed by atoms with E-state index < -0.39 is 24.8 Å². The van der Waals surface area contributed by atoms with Crippen LogP contribution in [0, 0.1) is 5.92 Å². The van der Waals surface area contributed by atoms with E-state index in [4.69, 9.17) is 14.6 Å². The molecule has 1 N–H and O–H groups in total. The predicted molar refractivity (Wildman–Crippen MR) is 139 cm³/mol. The highest BCUT2D eigenvalue weighted by atomic mass is 79.9. The molecule has 0 spiro atoms. The number of benzene rings is 1. The second-order valence-corrected chi connectivity index (χ2v) is 9.89. The van der Waals surface area contributed by atoms with Gasteiger partial charge in [0.15, 0.2) is 0 Å². The second-order valence-electron chi connectivity index (χ2n) is 9.14. The first kappa shape index (κ1) is 26.9. The molecule has 1 amide bonds. The summed E-state index contributed by atoms with van der Waals surface area (Å²) in [5, 5.41) is 9.58. The number of carbonyl (C=O) groups is 4. The third-order valence-electron chi connectivity index (χ3n) is 7.02. The number of ether oxygens (including phenoxy) is 2. The molecule has 2 aromatic rings. The lowest BCUT2D eigenvalue weighted by Crippen LogP contribution is -2.47.